The van der Waals surface area contributed by atoms with Crippen LogP contribution in [0.3, 0.4) is 0 Å². The predicted molar refractivity (Wildman–Crippen MR) is 102 cm³/mol. The molecule has 10 heteroatoms. The molecule has 30 heavy (non-hydrogen) atoms. The highest BCUT2D eigenvalue weighted by molar-refractivity contribution is 6.09. The third-order valence-electron chi connectivity index (χ3n) is 4.79. The highest BCUT2D eigenvalue weighted by Crippen LogP contribution is 2.30. The fourth-order valence-electron chi connectivity index (χ4n) is 3.35. The van der Waals surface area contributed by atoms with Crippen molar-refractivity contribution in [3.8, 4) is 11.3 Å². The molecule has 0 radical (unpaired) electrons. The fourth-order valence-corrected chi connectivity index (χ4v) is 3.35. The van der Waals surface area contributed by atoms with Gasteiger partial charge in [0.1, 0.15) is 11.5 Å². The number of aromatic nitrogens is 2. The second kappa shape index (κ2) is 7.54. The van der Waals surface area contributed by atoms with Gasteiger partial charge in [-0.1, -0.05) is 12.1 Å². The third-order valence-corrected chi connectivity index (χ3v) is 4.79. The number of carbonyl (C=O) groups is 2. The summed E-state index contributed by atoms with van der Waals surface area (Å²) in [5.74, 6) is -3.33. The van der Waals surface area contributed by atoms with E-state index in [-0.39, 0.29) is 23.5 Å². The number of nitrogens with two attached hydrogens (primary N) is 1. The van der Waals surface area contributed by atoms with Crippen LogP contribution < -0.4 is 11.1 Å². The molecule has 7 nitrogen and oxygen atoms in total. The van der Waals surface area contributed by atoms with Gasteiger partial charge < -0.3 is 16.0 Å². The molecule has 0 fully saturated rings. The quantitative estimate of drug-likeness (QED) is 0.688. The number of rotatable bonds is 3. The maximum absolute atomic E-state index is 13.8. The van der Waals surface area contributed by atoms with Crippen LogP contribution in [0.15, 0.2) is 42.5 Å². The average molecular weight is 415 g/mol. The zero-order valence-electron chi connectivity index (χ0n) is 15.5. The first-order valence-electron chi connectivity index (χ1n) is 9.00. The molecule has 154 valence electrons. The Kier molecular flexibility index (Phi) is 4.90. The first-order valence-corrected chi connectivity index (χ1v) is 9.00. The number of hydrogen-bond donors (Lipinski definition) is 2. The van der Waals surface area contributed by atoms with Crippen LogP contribution in [0.2, 0.25) is 0 Å². The van der Waals surface area contributed by atoms with E-state index in [1.165, 1.54) is 29.2 Å². The van der Waals surface area contributed by atoms with Gasteiger partial charge >= 0.3 is 6.03 Å². The zero-order chi connectivity index (χ0) is 21.4. The van der Waals surface area contributed by atoms with Crippen molar-refractivity contribution in [1.82, 2.24) is 14.7 Å². The van der Waals surface area contributed by atoms with E-state index in [0.717, 1.165) is 12.1 Å². The standard InChI is InChI=1S/C20H16F3N5O2/c21-12-3-1-2-11(8-12)18-17(16-10-27(20(24)30)6-7-28(16)26-18)19(29)25-13-4-5-14(22)15(23)9-13/h1-5,8-9H,6-7,10H2,(H2,24,30)(H,25,29). The second-order valence-corrected chi connectivity index (χ2v) is 6.75. The monoisotopic (exact) mass is 415 g/mol. The maximum atomic E-state index is 13.8. The van der Waals surface area contributed by atoms with Crippen molar-refractivity contribution in [2.24, 2.45) is 5.73 Å². The lowest BCUT2D eigenvalue weighted by atomic mass is 10.0. The summed E-state index contributed by atoms with van der Waals surface area (Å²) in [4.78, 5) is 26.1. The van der Waals surface area contributed by atoms with E-state index in [4.69, 9.17) is 5.73 Å². The molecular formula is C20H16F3N5O2. The molecule has 0 atom stereocenters. The van der Waals surface area contributed by atoms with Crippen LogP contribution in [0.5, 0.6) is 0 Å². The van der Waals surface area contributed by atoms with Crippen LogP contribution in [0.1, 0.15) is 16.1 Å². The summed E-state index contributed by atoms with van der Waals surface area (Å²) in [6.07, 6.45) is 0. The Balaban J connectivity index is 1.79. The Morgan fingerprint density at radius 3 is 2.53 bits per heavy atom. The van der Waals surface area contributed by atoms with Crippen LogP contribution >= 0.6 is 0 Å². The molecule has 0 bridgehead atoms. The van der Waals surface area contributed by atoms with Gasteiger partial charge in [-0.15, -0.1) is 0 Å². The van der Waals surface area contributed by atoms with Gasteiger partial charge in [0.15, 0.2) is 11.6 Å². The maximum Gasteiger partial charge on any atom is 0.315 e. The molecule has 0 saturated carbocycles. The summed E-state index contributed by atoms with van der Waals surface area (Å²) in [6.45, 7) is 0.619. The van der Waals surface area contributed by atoms with Crippen LogP contribution in [0.25, 0.3) is 11.3 Å². The number of carbonyl (C=O) groups excluding carboxylic acids is 2. The van der Waals surface area contributed by atoms with E-state index in [2.05, 4.69) is 10.4 Å². The van der Waals surface area contributed by atoms with Crippen molar-refractivity contribution in [3.63, 3.8) is 0 Å². The first-order chi connectivity index (χ1) is 14.3. The molecular weight excluding hydrogens is 399 g/mol. The van der Waals surface area contributed by atoms with Crippen LogP contribution in [0, 0.1) is 17.5 Å². The zero-order valence-corrected chi connectivity index (χ0v) is 15.5. The molecule has 3 N–H and O–H groups in total. The Morgan fingerprint density at radius 2 is 1.83 bits per heavy atom. The Morgan fingerprint density at radius 1 is 1.03 bits per heavy atom. The molecule has 3 amide bonds. The van der Waals surface area contributed by atoms with Gasteiger partial charge in [0.2, 0.25) is 0 Å². The molecule has 0 unspecified atom stereocenters. The largest absolute Gasteiger partial charge is 0.351 e. The van der Waals surface area contributed by atoms with Crippen molar-refractivity contribution in [3.05, 3.63) is 71.2 Å². The van der Waals surface area contributed by atoms with Gasteiger partial charge in [0.05, 0.1) is 24.3 Å². The minimum absolute atomic E-state index is 0.0260. The predicted octanol–water partition coefficient (Wildman–Crippen LogP) is 3.11. The van der Waals surface area contributed by atoms with Crippen molar-refractivity contribution in [1.29, 1.82) is 0 Å². The van der Waals surface area contributed by atoms with Crippen LogP contribution in [-0.2, 0) is 13.1 Å². The van der Waals surface area contributed by atoms with E-state index < -0.39 is 29.4 Å². The summed E-state index contributed by atoms with van der Waals surface area (Å²) >= 11 is 0. The molecule has 0 spiro atoms. The molecule has 0 aliphatic carbocycles. The van der Waals surface area contributed by atoms with Crippen molar-refractivity contribution >= 4 is 17.6 Å². The molecule has 4 rings (SSSR count). The summed E-state index contributed by atoms with van der Waals surface area (Å²) in [5.41, 5.74) is 6.47. The average Bonchev–Trinajstić information content (AvgIpc) is 3.09. The van der Waals surface area contributed by atoms with E-state index >= 15 is 0 Å². The molecule has 2 heterocycles. The number of benzene rings is 2. The topological polar surface area (TPSA) is 93.2 Å². The van der Waals surface area contributed by atoms with Gasteiger partial charge in [0, 0.05) is 23.9 Å². The first kappa shape index (κ1) is 19.5. The van der Waals surface area contributed by atoms with E-state index in [0.29, 0.717) is 24.3 Å². The fraction of sp³-hybridized carbons (Fsp3) is 0.150. The Labute approximate surface area is 168 Å². The van der Waals surface area contributed by atoms with Gasteiger partial charge in [-0.05, 0) is 24.3 Å². The van der Waals surface area contributed by atoms with Crippen molar-refractivity contribution in [2.45, 2.75) is 13.1 Å². The number of fused-ring (bicyclic) bond motifs is 1. The number of nitrogens with zero attached hydrogens (tertiary/aromatic N) is 3. The van der Waals surface area contributed by atoms with Crippen molar-refractivity contribution < 1.29 is 22.8 Å². The van der Waals surface area contributed by atoms with E-state index in [1.807, 2.05) is 0 Å². The molecule has 3 aromatic rings. The third kappa shape index (κ3) is 3.59. The van der Waals surface area contributed by atoms with Crippen LogP contribution in [-0.4, -0.2) is 33.2 Å². The molecule has 1 aromatic heterocycles. The minimum Gasteiger partial charge on any atom is -0.351 e. The smallest absolute Gasteiger partial charge is 0.315 e. The molecule has 0 saturated heterocycles. The summed E-state index contributed by atoms with van der Waals surface area (Å²) in [6, 6.07) is 7.87. The lowest BCUT2D eigenvalue weighted by molar-refractivity contribution is 0.102. The Bertz CT molecular complexity index is 1160. The molecule has 1 aliphatic heterocycles. The number of anilines is 1. The number of amides is 3. The molecule has 1 aliphatic rings. The lowest BCUT2D eigenvalue weighted by Gasteiger charge is -2.26. The highest BCUT2D eigenvalue weighted by Gasteiger charge is 2.30. The number of nitrogens with one attached hydrogen (secondary N) is 1. The second-order valence-electron chi connectivity index (χ2n) is 6.75. The van der Waals surface area contributed by atoms with Gasteiger partial charge in [-0.2, -0.15) is 5.10 Å². The van der Waals surface area contributed by atoms with Crippen LogP contribution in [0.4, 0.5) is 23.7 Å². The number of urea groups is 1. The normalized spacial score (nSPS) is 13.1. The van der Waals surface area contributed by atoms with Gasteiger partial charge in [0.25, 0.3) is 5.91 Å². The highest BCUT2D eigenvalue weighted by atomic mass is 19.2. The molecule has 2 aromatic carbocycles. The number of primary amides is 1. The number of halogens is 3. The van der Waals surface area contributed by atoms with Gasteiger partial charge in [-0.3, -0.25) is 9.48 Å². The van der Waals surface area contributed by atoms with Gasteiger partial charge in [-0.25, -0.2) is 18.0 Å². The summed E-state index contributed by atoms with van der Waals surface area (Å²) in [5, 5.41) is 6.93. The Hall–Kier alpha value is -3.82. The summed E-state index contributed by atoms with van der Waals surface area (Å²) < 4.78 is 42.1. The SMILES string of the molecule is NC(=O)N1CCn2nc(-c3cccc(F)c3)c(C(=O)Nc3ccc(F)c(F)c3)c2C1. The number of hydrogen-bond acceptors (Lipinski definition) is 3. The van der Waals surface area contributed by atoms with Crippen molar-refractivity contribution in [2.75, 3.05) is 11.9 Å². The minimum atomic E-state index is -1.12. The summed E-state index contributed by atoms with van der Waals surface area (Å²) in [7, 11) is 0. The van der Waals surface area contributed by atoms with E-state index in [1.54, 1.807) is 10.7 Å². The lowest BCUT2D eigenvalue weighted by Crippen LogP contribution is -2.42. The van der Waals surface area contributed by atoms with E-state index in [9.17, 15) is 22.8 Å².